The van der Waals surface area contributed by atoms with Gasteiger partial charge in [0, 0.05) is 32.1 Å². The van der Waals surface area contributed by atoms with E-state index in [0.29, 0.717) is 25.6 Å². The zero-order chi connectivity index (χ0) is 17.0. The van der Waals surface area contributed by atoms with Crippen molar-refractivity contribution in [2.75, 3.05) is 19.8 Å². The molecule has 0 spiro atoms. The molecule has 0 aliphatic heterocycles. The number of carbonyl (C=O) groups excluding carboxylic acids is 1. The van der Waals surface area contributed by atoms with Crippen LogP contribution < -0.4 is 11.1 Å². The highest BCUT2D eigenvalue weighted by Crippen LogP contribution is 2.06. The highest BCUT2D eigenvalue weighted by Gasteiger charge is 2.18. The number of hydrogen-bond donors (Lipinski definition) is 4. The van der Waals surface area contributed by atoms with Gasteiger partial charge in [-0.25, -0.2) is 4.79 Å². The van der Waals surface area contributed by atoms with Crippen LogP contribution in [0.25, 0.3) is 0 Å². The molecule has 130 valence electrons. The minimum absolute atomic E-state index is 0.0116. The summed E-state index contributed by atoms with van der Waals surface area (Å²) in [6.07, 6.45) is 2.62. The Morgan fingerprint density at radius 3 is 2.55 bits per heavy atom. The zero-order valence-corrected chi connectivity index (χ0v) is 13.6. The predicted molar refractivity (Wildman–Crippen MR) is 83.4 cm³/mol. The largest absolute Gasteiger partial charge is 0.480 e. The fourth-order valence-electron chi connectivity index (χ4n) is 1.83. The summed E-state index contributed by atoms with van der Waals surface area (Å²) in [6, 6.07) is -0.995. The summed E-state index contributed by atoms with van der Waals surface area (Å²) < 4.78 is 5.47. The molecule has 0 saturated carbocycles. The number of nitrogens with two attached hydrogens (primary N) is 1. The Morgan fingerprint density at radius 1 is 1.32 bits per heavy atom. The van der Waals surface area contributed by atoms with Crippen molar-refractivity contribution in [2.24, 2.45) is 11.7 Å². The number of carbonyl (C=O) groups is 2. The van der Waals surface area contributed by atoms with E-state index in [-0.39, 0.29) is 31.4 Å². The highest BCUT2D eigenvalue weighted by molar-refractivity contribution is 5.83. The van der Waals surface area contributed by atoms with Gasteiger partial charge in [-0.15, -0.1) is 0 Å². The van der Waals surface area contributed by atoms with E-state index in [1.54, 1.807) is 0 Å². The van der Waals surface area contributed by atoms with Gasteiger partial charge in [0.05, 0.1) is 6.61 Å². The molecule has 0 aliphatic carbocycles. The number of rotatable bonds is 13. The smallest absolute Gasteiger partial charge is 0.326 e. The Bertz CT molecular complexity index is 325. The van der Waals surface area contributed by atoms with Crippen LogP contribution in [-0.4, -0.2) is 54.0 Å². The molecule has 5 N–H and O–H groups in total. The molecule has 0 aromatic rings. The van der Waals surface area contributed by atoms with Crippen LogP contribution in [0.5, 0.6) is 0 Å². The molecule has 0 fully saturated rings. The van der Waals surface area contributed by atoms with Gasteiger partial charge in [0.25, 0.3) is 0 Å². The molecular formula is C15H30N2O5. The molecule has 0 aromatic heterocycles. The van der Waals surface area contributed by atoms with E-state index in [0.717, 1.165) is 12.8 Å². The third kappa shape index (κ3) is 9.70. The molecule has 0 rings (SSSR count). The Kier molecular flexibility index (Phi) is 11.7. The molecule has 22 heavy (non-hydrogen) atoms. The van der Waals surface area contributed by atoms with E-state index >= 15 is 0 Å². The van der Waals surface area contributed by atoms with Crippen LogP contribution in [0.2, 0.25) is 0 Å². The first-order valence-electron chi connectivity index (χ1n) is 7.88. The molecule has 7 heteroatoms. The number of carboxylic acids is 1. The molecular weight excluding hydrogens is 288 g/mol. The Balaban J connectivity index is 3.70. The SMILES string of the molecule is CC[C@H](C)C(N)COCCCCC(=O)N[C@@H](CCO)C(=O)O. The first-order valence-corrected chi connectivity index (χ1v) is 7.88. The number of ether oxygens (including phenoxy) is 1. The number of aliphatic carboxylic acids is 1. The molecule has 0 heterocycles. The molecule has 0 aliphatic rings. The number of aliphatic hydroxyl groups excluding tert-OH is 1. The maximum atomic E-state index is 11.6. The number of hydrogen-bond acceptors (Lipinski definition) is 5. The fourth-order valence-corrected chi connectivity index (χ4v) is 1.83. The molecule has 1 amide bonds. The summed E-state index contributed by atoms with van der Waals surface area (Å²) in [5.41, 5.74) is 5.94. The van der Waals surface area contributed by atoms with Crippen molar-refractivity contribution in [1.82, 2.24) is 5.32 Å². The van der Waals surface area contributed by atoms with Gasteiger partial charge in [0.2, 0.25) is 5.91 Å². The third-order valence-corrected chi connectivity index (χ3v) is 3.68. The van der Waals surface area contributed by atoms with Gasteiger partial charge < -0.3 is 26.0 Å². The van der Waals surface area contributed by atoms with Crippen molar-refractivity contribution in [3.63, 3.8) is 0 Å². The topological polar surface area (TPSA) is 122 Å². The number of amides is 1. The van der Waals surface area contributed by atoms with E-state index in [1.807, 2.05) is 0 Å². The van der Waals surface area contributed by atoms with Crippen molar-refractivity contribution in [3.05, 3.63) is 0 Å². The summed E-state index contributed by atoms with van der Waals surface area (Å²) in [6.45, 7) is 4.95. The summed E-state index contributed by atoms with van der Waals surface area (Å²) in [5.74, 6) is -1.04. The first kappa shape index (κ1) is 20.8. The maximum Gasteiger partial charge on any atom is 0.326 e. The second-order valence-corrected chi connectivity index (χ2v) is 5.55. The second kappa shape index (κ2) is 12.4. The van der Waals surface area contributed by atoms with Gasteiger partial charge in [0.15, 0.2) is 0 Å². The Hall–Kier alpha value is -1.18. The lowest BCUT2D eigenvalue weighted by atomic mass is 10.0. The van der Waals surface area contributed by atoms with Gasteiger partial charge in [0.1, 0.15) is 6.04 Å². The number of aliphatic hydroxyl groups is 1. The van der Waals surface area contributed by atoms with E-state index < -0.39 is 12.0 Å². The number of carboxylic acid groups (broad SMARTS) is 1. The standard InChI is InChI=1S/C15H30N2O5/c1-3-11(2)12(16)10-22-9-5-4-6-14(19)17-13(7-8-18)15(20)21/h11-13,18H,3-10,16H2,1-2H3,(H,17,19)(H,20,21)/t11-,12?,13-/m0/s1. The van der Waals surface area contributed by atoms with E-state index in [4.69, 9.17) is 20.7 Å². The quantitative estimate of drug-likeness (QED) is 0.367. The molecule has 0 saturated heterocycles. The van der Waals surface area contributed by atoms with Crippen LogP contribution in [0, 0.1) is 5.92 Å². The van der Waals surface area contributed by atoms with E-state index in [9.17, 15) is 9.59 Å². The lowest BCUT2D eigenvalue weighted by molar-refractivity contribution is -0.142. The van der Waals surface area contributed by atoms with Crippen LogP contribution in [0.15, 0.2) is 0 Å². The number of nitrogens with one attached hydrogen (secondary N) is 1. The van der Waals surface area contributed by atoms with Gasteiger partial charge in [-0.3, -0.25) is 4.79 Å². The molecule has 3 atom stereocenters. The van der Waals surface area contributed by atoms with Crippen molar-refractivity contribution in [2.45, 2.75) is 58.0 Å². The molecule has 0 bridgehead atoms. The Labute approximate surface area is 132 Å². The number of unbranched alkanes of at least 4 members (excludes halogenated alkanes) is 1. The van der Waals surface area contributed by atoms with Gasteiger partial charge in [-0.2, -0.15) is 0 Å². The zero-order valence-electron chi connectivity index (χ0n) is 13.6. The third-order valence-electron chi connectivity index (χ3n) is 3.68. The minimum atomic E-state index is -1.13. The molecule has 1 unspecified atom stereocenters. The van der Waals surface area contributed by atoms with Crippen molar-refractivity contribution >= 4 is 11.9 Å². The summed E-state index contributed by atoms with van der Waals surface area (Å²) in [4.78, 5) is 22.4. The molecule has 0 aromatic carbocycles. The van der Waals surface area contributed by atoms with Gasteiger partial charge in [-0.05, 0) is 18.8 Å². The van der Waals surface area contributed by atoms with Gasteiger partial charge in [-0.1, -0.05) is 20.3 Å². The minimum Gasteiger partial charge on any atom is -0.480 e. The average Bonchev–Trinajstić information content (AvgIpc) is 2.48. The van der Waals surface area contributed by atoms with Crippen molar-refractivity contribution in [1.29, 1.82) is 0 Å². The predicted octanol–water partition coefficient (Wildman–Crippen LogP) is 0.499. The lowest BCUT2D eigenvalue weighted by Crippen LogP contribution is -2.41. The van der Waals surface area contributed by atoms with Gasteiger partial charge >= 0.3 is 5.97 Å². The van der Waals surface area contributed by atoms with Crippen LogP contribution in [0.1, 0.15) is 46.0 Å². The summed E-state index contributed by atoms with van der Waals surface area (Å²) in [7, 11) is 0. The van der Waals surface area contributed by atoms with Crippen LogP contribution >= 0.6 is 0 Å². The van der Waals surface area contributed by atoms with Crippen molar-refractivity contribution < 1.29 is 24.5 Å². The lowest BCUT2D eigenvalue weighted by Gasteiger charge is -2.18. The average molecular weight is 318 g/mol. The van der Waals surface area contributed by atoms with E-state index in [1.165, 1.54) is 0 Å². The van der Waals surface area contributed by atoms with E-state index in [2.05, 4.69) is 19.2 Å². The summed E-state index contributed by atoms with van der Waals surface area (Å²) in [5, 5.41) is 20.0. The normalized spacial score (nSPS) is 15.1. The highest BCUT2D eigenvalue weighted by atomic mass is 16.5. The summed E-state index contributed by atoms with van der Waals surface area (Å²) >= 11 is 0. The molecule has 7 nitrogen and oxygen atoms in total. The molecule has 0 radical (unpaired) electrons. The fraction of sp³-hybridized carbons (Fsp3) is 0.867. The maximum absolute atomic E-state index is 11.6. The van der Waals surface area contributed by atoms with Crippen LogP contribution in [0.3, 0.4) is 0 Å². The van der Waals surface area contributed by atoms with Crippen LogP contribution in [0.4, 0.5) is 0 Å². The second-order valence-electron chi connectivity index (χ2n) is 5.55. The van der Waals surface area contributed by atoms with Crippen LogP contribution in [-0.2, 0) is 14.3 Å². The first-order chi connectivity index (χ1) is 10.4. The van der Waals surface area contributed by atoms with Crippen molar-refractivity contribution in [3.8, 4) is 0 Å². The Morgan fingerprint density at radius 2 is 2.00 bits per heavy atom. The monoisotopic (exact) mass is 318 g/mol.